The Bertz CT molecular complexity index is 79.2. The van der Waals surface area contributed by atoms with Crippen molar-refractivity contribution in [3.05, 3.63) is 0 Å². The molecule has 0 radical (unpaired) electrons. The molecule has 0 saturated carbocycles. The van der Waals surface area contributed by atoms with Gasteiger partial charge in [-0.2, -0.15) is 0 Å². The van der Waals surface area contributed by atoms with Crippen molar-refractivity contribution in [1.82, 2.24) is 0 Å². The first-order valence-electron chi connectivity index (χ1n) is 0.595. The van der Waals surface area contributed by atoms with E-state index in [-0.39, 0.29) is 7.92 Å². The third-order valence-electron chi connectivity index (χ3n) is 0.0345. The quantitative estimate of drug-likeness (QED) is 0.465. The molecule has 0 spiro atoms. The van der Waals surface area contributed by atoms with Crippen LogP contribution in [0.1, 0.15) is 0 Å². The van der Waals surface area contributed by atoms with Crippen molar-refractivity contribution in [2.75, 3.05) is 0 Å². The van der Waals surface area contributed by atoms with Crippen molar-refractivity contribution in [2.24, 2.45) is 0 Å². The minimum absolute atomic E-state index is 0.0849. The van der Waals surface area contributed by atoms with Gasteiger partial charge in [-0.3, -0.25) is 0 Å². The van der Waals surface area contributed by atoms with E-state index in [1.54, 1.807) is 0 Å². The summed E-state index contributed by atoms with van der Waals surface area (Å²) in [4.78, 5) is 0. The van der Waals surface area contributed by atoms with Crippen LogP contribution >= 0.6 is 23.8 Å². The molecule has 22 valence electrons. The van der Waals surface area contributed by atoms with E-state index < -0.39 is 0 Å². The molecule has 0 aliphatic heterocycles. The van der Waals surface area contributed by atoms with Crippen molar-refractivity contribution in [1.29, 1.82) is 0 Å². The molecule has 0 aromatic rings. The zero-order valence-corrected chi connectivity index (χ0v) is 4.21. The first kappa shape index (κ1) is 4.49. The normalized spacial score (nSPS) is 4.25. The molecular weight excluding hydrogens is 139 g/mol. The van der Waals surface area contributed by atoms with Gasteiger partial charge in [0.25, 0.3) is 0 Å². The molecule has 0 fully saturated rings. The SMILES string of the molecule is O=P#CBr. The zero-order chi connectivity index (χ0) is 3.41. The standard InChI is InChI=1S/CBrOP/c2-1-4-3. The Kier molecular flexibility index (Phi) is 3.92. The number of halogens is 1. The average molecular weight is 139 g/mol. The molecule has 0 amide bonds. The van der Waals surface area contributed by atoms with Gasteiger partial charge < -0.3 is 0 Å². The fourth-order valence-corrected chi connectivity index (χ4v) is 0. The summed E-state index contributed by atoms with van der Waals surface area (Å²) < 4.78 is 11.3. The topological polar surface area (TPSA) is 17.1 Å². The van der Waals surface area contributed by atoms with Crippen LogP contribution in [0.4, 0.5) is 0 Å². The van der Waals surface area contributed by atoms with Gasteiger partial charge in [0.15, 0.2) is 0 Å². The van der Waals surface area contributed by atoms with E-state index in [1.165, 1.54) is 0 Å². The molecule has 0 atom stereocenters. The number of rotatable bonds is 0. The van der Waals surface area contributed by atoms with Crippen LogP contribution in [0.3, 0.4) is 0 Å². The van der Waals surface area contributed by atoms with Gasteiger partial charge in [0, 0.05) is 0 Å². The van der Waals surface area contributed by atoms with Crippen LogP contribution in [0, 0.1) is 4.54 Å². The molecule has 0 bridgehead atoms. The van der Waals surface area contributed by atoms with E-state index in [4.69, 9.17) is 4.57 Å². The van der Waals surface area contributed by atoms with Gasteiger partial charge >= 0.3 is 32.9 Å². The number of hydrogen-bond donors (Lipinski definition) is 0. The average Bonchev–Trinajstić information content (AvgIpc) is 1.37. The van der Waals surface area contributed by atoms with Crippen LogP contribution in [-0.2, 0) is 4.57 Å². The summed E-state index contributed by atoms with van der Waals surface area (Å²) in [6.07, 6.45) is 0. The van der Waals surface area contributed by atoms with Gasteiger partial charge in [0.1, 0.15) is 0 Å². The van der Waals surface area contributed by atoms with Crippen LogP contribution in [0.15, 0.2) is 0 Å². The second-order valence-electron chi connectivity index (χ2n) is 0.176. The summed E-state index contributed by atoms with van der Waals surface area (Å²) in [5, 5.41) is 0. The fraction of sp³-hybridized carbons (Fsp3) is 0. The summed E-state index contributed by atoms with van der Waals surface area (Å²) in [7, 11) is -0.0849. The Morgan fingerprint density at radius 2 is 2.25 bits per heavy atom. The fourth-order valence-electron chi connectivity index (χ4n) is 0. The first-order chi connectivity index (χ1) is 1.91. The molecule has 0 aromatic heterocycles. The van der Waals surface area contributed by atoms with Crippen LogP contribution < -0.4 is 0 Å². The van der Waals surface area contributed by atoms with E-state index in [9.17, 15) is 0 Å². The van der Waals surface area contributed by atoms with Crippen LogP contribution in [0.2, 0.25) is 0 Å². The molecule has 0 N–H and O–H groups in total. The van der Waals surface area contributed by atoms with Gasteiger partial charge in [0.2, 0.25) is 0 Å². The third-order valence-corrected chi connectivity index (χ3v) is 0.538. The molecule has 0 rings (SSSR count). The maximum absolute atomic E-state index is 9.11. The van der Waals surface area contributed by atoms with Crippen LogP contribution in [0.5, 0.6) is 0 Å². The number of hydrogen-bond acceptors (Lipinski definition) is 1. The third kappa shape index (κ3) is 2.49. The van der Waals surface area contributed by atoms with Gasteiger partial charge in [-0.25, -0.2) is 0 Å². The zero-order valence-electron chi connectivity index (χ0n) is 1.73. The molecular formula is CBrOP. The molecule has 4 heavy (non-hydrogen) atoms. The summed E-state index contributed by atoms with van der Waals surface area (Å²) in [5.41, 5.74) is 0. The van der Waals surface area contributed by atoms with Gasteiger partial charge in [-0.05, 0) is 0 Å². The Morgan fingerprint density at radius 1 is 2.00 bits per heavy atom. The summed E-state index contributed by atoms with van der Waals surface area (Å²) in [5.74, 6) is 0. The molecule has 1 nitrogen and oxygen atoms in total. The molecule has 0 unspecified atom stereocenters. The summed E-state index contributed by atoms with van der Waals surface area (Å²) >= 11 is 2.67. The van der Waals surface area contributed by atoms with Crippen molar-refractivity contribution in [3.8, 4) is 4.54 Å². The Morgan fingerprint density at radius 3 is 2.25 bits per heavy atom. The molecule has 0 aliphatic rings. The Balaban J connectivity index is 3.53. The Hall–Kier alpha value is 0.490. The van der Waals surface area contributed by atoms with E-state index >= 15 is 0 Å². The predicted molar refractivity (Wildman–Crippen MR) is 20.4 cm³/mol. The molecule has 0 saturated heterocycles. The molecule has 0 aromatic carbocycles. The van der Waals surface area contributed by atoms with Crippen molar-refractivity contribution in [2.45, 2.75) is 0 Å². The van der Waals surface area contributed by atoms with Crippen LogP contribution in [0.25, 0.3) is 0 Å². The monoisotopic (exact) mass is 138 g/mol. The van der Waals surface area contributed by atoms with Gasteiger partial charge in [-0.1, -0.05) is 0 Å². The van der Waals surface area contributed by atoms with E-state index in [0.717, 1.165) is 0 Å². The van der Waals surface area contributed by atoms with Gasteiger partial charge in [-0.15, -0.1) is 0 Å². The minimum atomic E-state index is -0.0849. The second kappa shape index (κ2) is 3.49. The predicted octanol–water partition coefficient (Wildman–Crippen LogP) is 1.59. The summed E-state index contributed by atoms with van der Waals surface area (Å²) in [6.45, 7) is 0. The van der Waals surface area contributed by atoms with E-state index in [0.29, 0.717) is 0 Å². The second-order valence-corrected chi connectivity index (χ2v) is 1.59. The molecule has 0 heterocycles. The Labute approximate surface area is 33.6 Å². The van der Waals surface area contributed by atoms with Crippen molar-refractivity contribution >= 4 is 23.8 Å². The first-order valence-corrected chi connectivity index (χ1v) is 2.20. The van der Waals surface area contributed by atoms with Gasteiger partial charge in [0.05, 0.1) is 0 Å². The van der Waals surface area contributed by atoms with Crippen molar-refractivity contribution < 1.29 is 4.57 Å². The van der Waals surface area contributed by atoms with E-state index in [2.05, 4.69) is 20.5 Å². The molecule has 3 heteroatoms. The summed E-state index contributed by atoms with van der Waals surface area (Å²) in [6, 6.07) is 0. The van der Waals surface area contributed by atoms with Crippen molar-refractivity contribution in [3.63, 3.8) is 0 Å². The van der Waals surface area contributed by atoms with E-state index in [1.807, 2.05) is 0 Å². The maximum atomic E-state index is 9.11. The van der Waals surface area contributed by atoms with Crippen LogP contribution in [-0.4, -0.2) is 0 Å². The molecule has 0 aliphatic carbocycles.